The van der Waals surface area contributed by atoms with E-state index in [2.05, 4.69) is 23.3 Å². The molecule has 12 heavy (non-hydrogen) atoms. The highest BCUT2D eigenvalue weighted by molar-refractivity contribution is 5.85. The van der Waals surface area contributed by atoms with E-state index in [0.717, 1.165) is 6.54 Å². The van der Waals surface area contributed by atoms with E-state index in [-0.39, 0.29) is 12.4 Å². The molecule has 1 saturated heterocycles. The number of halogens is 1. The van der Waals surface area contributed by atoms with Crippen LogP contribution in [0.2, 0.25) is 0 Å². The minimum atomic E-state index is 0. The molecule has 0 aliphatic carbocycles. The van der Waals surface area contributed by atoms with Crippen molar-refractivity contribution in [2.45, 2.75) is 18.9 Å². The molecule has 0 aromatic carbocycles. The van der Waals surface area contributed by atoms with Crippen LogP contribution >= 0.6 is 12.4 Å². The van der Waals surface area contributed by atoms with Crippen molar-refractivity contribution >= 4 is 12.4 Å². The topological polar surface area (TPSA) is 24.9 Å². The van der Waals surface area contributed by atoms with Gasteiger partial charge in [-0.25, -0.2) is 0 Å². The molecular formula is C9H13ClN2. The Labute approximate surface area is 78.8 Å². The van der Waals surface area contributed by atoms with Crippen LogP contribution in [-0.4, -0.2) is 17.6 Å². The van der Waals surface area contributed by atoms with Crippen molar-refractivity contribution in [2.24, 2.45) is 0 Å². The van der Waals surface area contributed by atoms with E-state index in [1.807, 2.05) is 18.5 Å². The minimum Gasteiger partial charge on any atom is -0.313 e. The van der Waals surface area contributed by atoms with E-state index in [1.54, 1.807) is 0 Å². The van der Waals surface area contributed by atoms with Crippen LogP contribution in [0.25, 0.3) is 0 Å². The molecule has 1 aliphatic heterocycles. The Hall–Kier alpha value is -0.600. The van der Waals surface area contributed by atoms with Crippen molar-refractivity contribution in [3.05, 3.63) is 30.1 Å². The van der Waals surface area contributed by atoms with Crippen LogP contribution in [0.3, 0.4) is 0 Å². The zero-order valence-electron chi connectivity index (χ0n) is 7.03. The highest BCUT2D eigenvalue weighted by atomic mass is 35.5. The third-order valence-electron chi connectivity index (χ3n) is 2.38. The molecule has 2 rings (SSSR count). The first-order chi connectivity index (χ1) is 5.38. The van der Waals surface area contributed by atoms with E-state index in [0.29, 0.717) is 12.0 Å². The van der Waals surface area contributed by atoms with Crippen LogP contribution < -0.4 is 5.32 Å². The summed E-state index contributed by atoms with van der Waals surface area (Å²) in [5, 5.41) is 3.33. The van der Waals surface area contributed by atoms with Crippen molar-refractivity contribution in [1.82, 2.24) is 10.3 Å². The average Bonchev–Trinajstić information content (AvgIpc) is 2.04. The predicted molar refractivity (Wildman–Crippen MR) is 51.7 cm³/mol. The van der Waals surface area contributed by atoms with Gasteiger partial charge in [-0.05, 0) is 18.6 Å². The second-order valence-electron chi connectivity index (χ2n) is 3.09. The molecule has 1 N–H and O–H groups in total. The molecule has 0 spiro atoms. The van der Waals surface area contributed by atoms with Gasteiger partial charge in [0.15, 0.2) is 0 Å². The van der Waals surface area contributed by atoms with E-state index in [9.17, 15) is 0 Å². The number of pyridine rings is 1. The van der Waals surface area contributed by atoms with Crippen LogP contribution in [0.1, 0.15) is 18.4 Å². The van der Waals surface area contributed by atoms with Gasteiger partial charge in [-0.3, -0.25) is 4.98 Å². The lowest BCUT2D eigenvalue weighted by Crippen LogP contribution is -2.48. The van der Waals surface area contributed by atoms with Gasteiger partial charge in [0.25, 0.3) is 0 Å². The van der Waals surface area contributed by atoms with Crippen molar-refractivity contribution in [3.63, 3.8) is 0 Å². The molecule has 3 heteroatoms. The highest BCUT2D eigenvalue weighted by Crippen LogP contribution is 2.24. The lowest BCUT2D eigenvalue weighted by Gasteiger charge is -2.35. The van der Waals surface area contributed by atoms with E-state index >= 15 is 0 Å². The normalized spacial score (nSPS) is 27.1. The smallest absolute Gasteiger partial charge is 0.0303 e. The summed E-state index contributed by atoms with van der Waals surface area (Å²) in [6.07, 6.45) is 3.78. The number of aromatic nitrogens is 1. The predicted octanol–water partition coefficient (Wildman–Crippen LogP) is 1.58. The van der Waals surface area contributed by atoms with Gasteiger partial charge < -0.3 is 5.32 Å². The quantitative estimate of drug-likeness (QED) is 0.717. The Bertz CT molecular complexity index is 238. The Morgan fingerprint density at radius 1 is 1.58 bits per heavy atom. The summed E-state index contributed by atoms with van der Waals surface area (Å²) in [5.74, 6) is 0.684. The van der Waals surface area contributed by atoms with Crippen molar-refractivity contribution in [2.75, 3.05) is 6.54 Å². The Morgan fingerprint density at radius 2 is 2.42 bits per heavy atom. The molecule has 2 heterocycles. The van der Waals surface area contributed by atoms with Crippen molar-refractivity contribution < 1.29 is 0 Å². The minimum absolute atomic E-state index is 0. The molecule has 2 atom stereocenters. The summed E-state index contributed by atoms with van der Waals surface area (Å²) < 4.78 is 0. The molecule has 0 saturated carbocycles. The molecular weight excluding hydrogens is 172 g/mol. The molecule has 66 valence electrons. The Balaban J connectivity index is 0.000000720. The van der Waals surface area contributed by atoms with E-state index in [1.165, 1.54) is 5.56 Å². The van der Waals surface area contributed by atoms with Gasteiger partial charge in [0.1, 0.15) is 0 Å². The van der Waals surface area contributed by atoms with E-state index in [4.69, 9.17) is 0 Å². The summed E-state index contributed by atoms with van der Waals surface area (Å²) in [5.41, 5.74) is 1.36. The third-order valence-corrected chi connectivity index (χ3v) is 2.38. The first-order valence-electron chi connectivity index (χ1n) is 4.01. The van der Waals surface area contributed by atoms with Crippen LogP contribution in [0.4, 0.5) is 0 Å². The summed E-state index contributed by atoms with van der Waals surface area (Å²) in [6, 6.07) is 4.77. The maximum Gasteiger partial charge on any atom is 0.0303 e. The Morgan fingerprint density at radius 3 is 2.83 bits per heavy atom. The maximum absolute atomic E-state index is 4.09. The number of hydrogen-bond acceptors (Lipinski definition) is 2. The fraction of sp³-hybridized carbons (Fsp3) is 0.444. The monoisotopic (exact) mass is 184 g/mol. The fourth-order valence-electron chi connectivity index (χ4n) is 1.47. The SMILES string of the molecule is CC1NCC1c1cccnc1.Cl. The molecule has 2 nitrogen and oxygen atoms in total. The summed E-state index contributed by atoms with van der Waals surface area (Å²) in [6.45, 7) is 3.31. The zero-order valence-corrected chi connectivity index (χ0v) is 7.84. The molecule has 1 fully saturated rings. The fourth-order valence-corrected chi connectivity index (χ4v) is 1.47. The lowest BCUT2D eigenvalue weighted by atomic mass is 9.87. The van der Waals surface area contributed by atoms with Crippen molar-refractivity contribution in [3.8, 4) is 0 Å². The largest absolute Gasteiger partial charge is 0.313 e. The first-order valence-corrected chi connectivity index (χ1v) is 4.01. The highest BCUT2D eigenvalue weighted by Gasteiger charge is 2.27. The van der Waals surface area contributed by atoms with Crippen LogP contribution in [-0.2, 0) is 0 Å². The molecule has 2 unspecified atom stereocenters. The van der Waals surface area contributed by atoms with Crippen LogP contribution in [0, 0.1) is 0 Å². The van der Waals surface area contributed by atoms with Crippen molar-refractivity contribution in [1.29, 1.82) is 0 Å². The van der Waals surface area contributed by atoms with Gasteiger partial charge in [-0.2, -0.15) is 0 Å². The second kappa shape index (κ2) is 3.87. The van der Waals surface area contributed by atoms with Gasteiger partial charge in [-0.15, -0.1) is 12.4 Å². The summed E-state index contributed by atoms with van der Waals surface area (Å²) in [7, 11) is 0. The third kappa shape index (κ3) is 1.59. The van der Waals surface area contributed by atoms with Gasteiger partial charge in [0.05, 0.1) is 0 Å². The molecule has 1 aliphatic rings. The first kappa shape index (κ1) is 9.49. The zero-order chi connectivity index (χ0) is 7.68. The number of hydrogen-bond donors (Lipinski definition) is 1. The summed E-state index contributed by atoms with van der Waals surface area (Å²) in [4.78, 5) is 4.09. The maximum atomic E-state index is 4.09. The van der Waals surface area contributed by atoms with Gasteiger partial charge in [0.2, 0.25) is 0 Å². The second-order valence-corrected chi connectivity index (χ2v) is 3.09. The Kier molecular flexibility index (Phi) is 3.06. The molecule has 0 bridgehead atoms. The standard InChI is InChI=1S/C9H12N2.ClH/c1-7-9(6-11-7)8-3-2-4-10-5-8;/h2-5,7,9,11H,6H2,1H3;1H. The summed E-state index contributed by atoms with van der Waals surface area (Å²) >= 11 is 0. The molecule has 1 aromatic rings. The number of rotatable bonds is 1. The van der Waals surface area contributed by atoms with Crippen LogP contribution in [0.15, 0.2) is 24.5 Å². The van der Waals surface area contributed by atoms with E-state index < -0.39 is 0 Å². The molecule has 1 aromatic heterocycles. The number of nitrogens with zero attached hydrogens (tertiary/aromatic N) is 1. The molecule has 0 radical (unpaired) electrons. The lowest BCUT2D eigenvalue weighted by molar-refractivity contribution is 0.334. The van der Waals surface area contributed by atoms with Gasteiger partial charge >= 0.3 is 0 Å². The average molecular weight is 185 g/mol. The van der Waals surface area contributed by atoms with Gasteiger partial charge in [-0.1, -0.05) is 6.07 Å². The molecule has 0 amide bonds. The van der Waals surface area contributed by atoms with Gasteiger partial charge in [0, 0.05) is 30.9 Å². The van der Waals surface area contributed by atoms with Crippen LogP contribution in [0.5, 0.6) is 0 Å². The number of nitrogens with one attached hydrogen (secondary N) is 1.